The SMILES string of the molecule is Clc1ccc(OCCCNCc2ccccn2)cc1. The lowest BCUT2D eigenvalue weighted by Crippen LogP contribution is -2.17. The van der Waals surface area contributed by atoms with Crippen LogP contribution in [0.3, 0.4) is 0 Å². The van der Waals surface area contributed by atoms with Crippen LogP contribution in [0.2, 0.25) is 5.02 Å². The second-order valence-electron chi connectivity index (χ2n) is 4.15. The van der Waals surface area contributed by atoms with Crippen LogP contribution < -0.4 is 10.1 Å². The molecule has 0 saturated heterocycles. The predicted molar refractivity (Wildman–Crippen MR) is 77.5 cm³/mol. The molecule has 0 saturated carbocycles. The van der Waals surface area contributed by atoms with Crippen molar-refractivity contribution in [2.75, 3.05) is 13.2 Å². The molecule has 4 heteroatoms. The van der Waals surface area contributed by atoms with Crippen LogP contribution in [0.15, 0.2) is 48.7 Å². The maximum atomic E-state index is 5.80. The highest BCUT2D eigenvalue weighted by Crippen LogP contribution is 2.15. The standard InChI is InChI=1S/C15H17ClN2O/c16-13-5-7-15(8-6-13)19-11-3-9-17-12-14-4-1-2-10-18-14/h1-2,4-8,10,17H,3,9,11-12H2. The zero-order chi connectivity index (χ0) is 13.3. The van der Waals surface area contributed by atoms with Crippen LogP contribution in [0.5, 0.6) is 5.75 Å². The van der Waals surface area contributed by atoms with Crippen LogP contribution in [0.25, 0.3) is 0 Å². The number of halogens is 1. The fraction of sp³-hybridized carbons (Fsp3) is 0.267. The van der Waals surface area contributed by atoms with Crippen molar-refractivity contribution in [2.45, 2.75) is 13.0 Å². The molecule has 1 N–H and O–H groups in total. The number of benzene rings is 1. The highest BCUT2D eigenvalue weighted by molar-refractivity contribution is 6.30. The van der Waals surface area contributed by atoms with E-state index in [0.29, 0.717) is 6.61 Å². The molecule has 0 atom stereocenters. The first-order chi connectivity index (χ1) is 9.34. The van der Waals surface area contributed by atoms with Crippen LogP contribution in [-0.4, -0.2) is 18.1 Å². The Morgan fingerprint density at radius 1 is 1.11 bits per heavy atom. The lowest BCUT2D eigenvalue weighted by atomic mass is 10.3. The fourth-order valence-corrected chi connectivity index (χ4v) is 1.76. The summed E-state index contributed by atoms with van der Waals surface area (Å²) in [5.74, 6) is 0.856. The first kappa shape index (κ1) is 13.8. The van der Waals surface area contributed by atoms with Crippen LogP contribution in [0.1, 0.15) is 12.1 Å². The van der Waals surface area contributed by atoms with Crippen molar-refractivity contribution in [1.29, 1.82) is 0 Å². The Labute approximate surface area is 118 Å². The molecule has 0 bridgehead atoms. The van der Waals surface area contributed by atoms with Crippen molar-refractivity contribution in [3.05, 3.63) is 59.4 Å². The van der Waals surface area contributed by atoms with Gasteiger partial charge in [0, 0.05) is 17.8 Å². The van der Waals surface area contributed by atoms with Gasteiger partial charge in [-0.25, -0.2) is 0 Å². The van der Waals surface area contributed by atoms with Gasteiger partial charge < -0.3 is 10.1 Å². The van der Waals surface area contributed by atoms with E-state index in [1.165, 1.54) is 0 Å². The van der Waals surface area contributed by atoms with Crippen molar-refractivity contribution in [1.82, 2.24) is 10.3 Å². The van der Waals surface area contributed by atoms with Crippen molar-refractivity contribution >= 4 is 11.6 Å². The summed E-state index contributed by atoms with van der Waals surface area (Å²) >= 11 is 5.80. The van der Waals surface area contributed by atoms with Gasteiger partial charge in [0.1, 0.15) is 5.75 Å². The molecule has 1 aromatic heterocycles. The number of aromatic nitrogens is 1. The second-order valence-corrected chi connectivity index (χ2v) is 4.59. The normalized spacial score (nSPS) is 10.4. The van der Waals surface area contributed by atoms with E-state index in [0.717, 1.165) is 36.0 Å². The third-order valence-electron chi connectivity index (χ3n) is 2.61. The predicted octanol–water partition coefficient (Wildman–Crippen LogP) is 3.29. The molecule has 100 valence electrons. The topological polar surface area (TPSA) is 34.1 Å². The number of ether oxygens (including phenoxy) is 1. The number of rotatable bonds is 7. The van der Waals surface area contributed by atoms with E-state index in [-0.39, 0.29) is 0 Å². The Kier molecular flexibility index (Phi) is 5.66. The maximum absolute atomic E-state index is 5.80. The molecule has 0 aliphatic rings. The number of nitrogens with one attached hydrogen (secondary N) is 1. The molecule has 0 amide bonds. The minimum atomic E-state index is 0.691. The molecule has 0 fully saturated rings. The summed E-state index contributed by atoms with van der Waals surface area (Å²) in [6.45, 7) is 2.39. The summed E-state index contributed by atoms with van der Waals surface area (Å²) in [6, 6.07) is 13.3. The quantitative estimate of drug-likeness (QED) is 0.788. The number of pyridine rings is 1. The van der Waals surface area contributed by atoms with Crippen molar-refractivity contribution in [2.24, 2.45) is 0 Å². The summed E-state index contributed by atoms with van der Waals surface area (Å²) in [7, 11) is 0. The molecule has 1 aromatic carbocycles. The third-order valence-corrected chi connectivity index (χ3v) is 2.86. The summed E-state index contributed by atoms with van der Waals surface area (Å²) < 4.78 is 5.60. The third kappa shape index (κ3) is 5.28. The monoisotopic (exact) mass is 276 g/mol. The van der Waals surface area contributed by atoms with Gasteiger partial charge in [0.15, 0.2) is 0 Å². The lowest BCUT2D eigenvalue weighted by molar-refractivity contribution is 0.308. The average Bonchev–Trinajstić information content (AvgIpc) is 2.46. The van der Waals surface area contributed by atoms with E-state index >= 15 is 0 Å². The van der Waals surface area contributed by atoms with Crippen LogP contribution in [-0.2, 0) is 6.54 Å². The molecular formula is C15H17ClN2O. The highest BCUT2D eigenvalue weighted by Gasteiger charge is 1.95. The molecule has 19 heavy (non-hydrogen) atoms. The summed E-state index contributed by atoms with van der Waals surface area (Å²) in [4.78, 5) is 4.25. The number of hydrogen-bond donors (Lipinski definition) is 1. The van der Waals surface area contributed by atoms with Crippen molar-refractivity contribution < 1.29 is 4.74 Å². The van der Waals surface area contributed by atoms with Gasteiger partial charge in [0.2, 0.25) is 0 Å². The van der Waals surface area contributed by atoms with Crippen molar-refractivity contribution in [3.8, 4) is 5.75 Å². The minimum Gasteiger partial charge on any atom is -0.494 e. The van der Waals surface area contributed by atoms with Crippen LogP contribution in [0, 0.1) is 0 Å². The molecule has 2 aromatic rings. The average molecular weight is 277 g/mol. The van der Waals surface area contributed by atoms with Crippen molar-refractivity contribution in [3.63, 3.8) is 0 Å². The van der Waals surface area contributed by atoms with Gasteiger partial charge in [0.05, 0.1) is 12.3 Å². The largest absolute Gasteiger partial charge is 0.494 e. The van der Waals surface area contributed by atoms with Gasteiger partial charge >= 0.3 is 0 Å². The van der Waals surface area contributed by atoms with E-state index in [1.54, 1.807) is 6.20 Å². The molecule has 0 radical (unpaired) electrons. The molecular weight excluding hydrogens is 260 g/mol. The zero-order valence-corrected chi connectivity index (χ0v) is 11.4. The molecule has 0 spiro atoms. The smallest absolute Gasteiger partial charge is 0.119 e. The Bertz CT molecular complexity index is 473. The van der Waals surface area contributed by atoms with E-state index in [4.69, 9.17) is 16.3 Å². The van der Waals surface area contributed by atoms with Crippen LogP contribution >= 0.6 is 11.6 Å². The minimum absolute atomic E-state index is 0.691. The molecule has 0 aliphatic carbocycles. The molecule has 0 unspecified atom stereocenters. The summed E-state index contributed by atoms with van der Waals surface area (Å²) in [5, 5.41) is 4.06. The Morgan fingerprint density at radius 2 is 1.95 bits per heavy atom. The first-order valence-electron chi connectivity index (χ1n) is 6.33. The van der Waals surface area contributed by atoms with E-state index in [1.807, 2.05) is 42.5 Å². The van der Waals surface area contributed by atoms with Gasteiger partial charge in [-0.2, -0.15) is 0 Å². The number of nitrogens with zero attached hydrogens (tertiary/aromatic N) is 1. The zero-order valence-electron chi connectivity index (χ0n) is 10.7. The molecule has 2 rings (SSSR count). The van der Waals surface area contributed by atoms with Crippen LogP contribution in [0.4, 0.5) is 0 Å². The Balaban J connectivity index is 1.56. The molecule has 0 aliphatic heterocycles. The maximum Gasteiger partial charge on any atom is 0.119 e. The van der Waals surface area contributed by atoms with Gasteiger partial charge in [-0.3, -0.25) is 4.98 Å². The van der Waals surface area contributed by atoms with Gasteiger partial charge in [-0.05, 0) is 49.4 Å². The summed E-state index contributed by atoms with van der Waals surface area (Å²) in [6.07, 6.45) is 2.76. The van der Waals surface area contributed by atoms with Gasteiger partial charge in [-0.15, -0.1) is 0 Å². The van der Waals surface area contributed by atoms with Gasteiger partial charge in [-0.1, -0.05) is 17.7 Å². The van der Waals surface area contributed by atoms with E-state index in [9.17, 15) is 0 Å². The Morgan fingerprint density at radius 3 is 2.68 bits per heavy atom. The molecule has 1 heterocycles. The first-order valence-corrected chi connectivity index (χ1v) is 6.71. The van der Waals surface area contributed by atoms with E-state index < -0.39 is 0 Å². The highest BCUT2D eigenvalue weighted by atomic mass is 35.5. The lowest BCUT2D eigenvalue weighted by Gasteiger charge is -2.07. The summed E-state index contributed by atoms with van der Waals surface area (Å²) in [5.41, 5.74) is 1.06. The van der Waals surface area contributed by atoms with Gasteiger partial charge in [0.25, 0.3) is 0 Å². The fourth-order valence-electron chi connectivity index (χ4n) is 1.64. The molecule has 3 nitrogen and oxygen atoms in total. The second kappa shape index (κ2) is 7.77. The Hall–Kier alpha value is -1.58. The van der Waals surface area contributed by atoms with E-state index in [2.05, 4.69) is 10.3 Å². The number of hydrogen-bond acceptors (Lipinski definition) is 3.